The summed E-state index contributed by atoms with van der Waals surface area (Å²) in [5, 5.41) is 16.9. The van der Waals surface area contributed by atoms with Gasteiger partial charge in [-0.05, 0) is 48.0 Å². The lowest BCUT2D eigenvalue weighted by molar-refractivity contribution is 0.220. The number of nitriles is 1. The Labute approximate surface area is 223 Å². The molecule has 0 spiro atoms. The number of pyridine rings is 1. The zero-order valence-corrected chi connectivity index (χ0v) is 24.1. The molecule has 1 atom stereocenters. The number of hydrogen-bond donors (Lipinski definition) is 2. The van der Waals surface area contributed by atoms with E-state index in [0.717, 1.165) is 16.8 Å². The number of benzene rings is 1. The Balaban J connectivity index is 1.70. The maximum absolute atomic E-state index is 12.5. The average Bonchev–Trinajstić information content (AvgIpc) is 3.17. The van der Waals surface area contributed by atoms with Crippen molar-refractivity contribution in [2.75, 3.05) is 23.8 Å². The Morgan fingerprint density at radius 1 is 1.32 bits per heavy atom. The number of rotatable bonds is 6. The number of anilines is 3. The van der Waals surface area contributed by atoms with Crippen LogP contribution in [0, 0.1) is 11.3 Å². The van der Waals surface area contributed by atoms with E-state index in [0.29, 0.717) is 29.4 Å². The Morgan fingerprint density at radius 2 is 2.05 bits per heavy atom. The minimum absolute atomic E-state index is 0.103. The van der Waals surface area contributed by atoms with Crippen molar-refractivity contribution in [1.82, 2.24) is 14.5 Å². The number of hydrogen-bond acceptors (Lipinski definition) is 7. The van der Waals surface area contributed by atoms with Gasteiger partial charge in [0.2, 0.25) is 5.95 Å². The lowest BCUT2D eigenvalue weighted by Crippen LogP contribution is -2.45. The average molecular weight is 537 g/mol. The summed E-state index contributed by atoms with van der Waals surface area (Å²) in [6.45, 7) is 14.6. The van der Waals surface area contributed by atoms with Gasteiger partial charge in [0.05, 0.1) is 22.0 Å². The van der Waals surface area contributed by atoms with Gasteiger partial charge in [-0.2, -0.15) is 5.26 Å². The van der Waals surface area contributed by atoms with Gasteiger partial charge in [-0.15, -0.1) is 0 Å². The van der Waals surface area contributed by atoms with Crippen LogP contribution in [0.1, 0.15) is 38.8 Å². The number of nitrogens with one attached hydrogen (secondary N) is 2. The molecule has 194 valence electrons. The predicted octanol–water partition coefficient (Wildman–Crippen LogP) is 5.82. The van der Waals surface area contributed by atoms with Gasteiger partial charge in [-0.3, -0.25) is 4.79 Å². The lowest BCUT2D eigenvalue weighted by Gasteiger charge is -2.39. The summed E-state index contributed by atoms with van der Waals surface area (Å²) in [6.07, 6.45) is 3.16. The van der Waals surface area contributed by atoms with Crippen molar-refractivity contribution in [1.29, 1.82) is 5.26 Å². The highest BCUT2D eigenvalue weighted by Gasteiger charge is 2.42. The molecule has 37 heavy (non-hydrogen) atoms. The monoisotopic (exact) mass is 536 g/mol. The molecule has 0 aliphatic carbocycles. The summed E-state index contributed by atoms with van der Waals surface area (Å²) >= 11 is 6.12. The van der Waals surface area contributed by atoms with E-state index in [2.05, 4.69) is 73.5 Å². The van der Waals surface area contributed by atoms with E-state index >= 15 is 0 Å². The number of halogens is 1. The summed E-state index contributed by atoms with van der Waals surface area (Å²) in [4.78, 5) is 21.4. The van der Waals surface area contributed by atoms with E-state index in [1.165, 1.54) is 4.57 Å². The minimum Gasteiger partial charge on any atom is -0.416 e. The first-order valence-electron chi connectivity index (χ1n) is 12.2. The normalized spacial score (nSPS) is 17.2. The third-order valence-corrected chi connectivity index (χ3v) is 12.2. The van der Waals surface area contributed by atoms with Gasteiger partial charge in [0.1, 0.15) is 11.8 Å². The maximum atomic E-state index is 12.5. The Hall–Kier alpha value is -3.19. The van der Waals surface area contributed by atoms with Gasteiger partial charge >= 0.3 is 0 Å². The van der Waals surface area contributed by atoms with Crippen molar-refractivity contribution in [2.45, 2.75) is 51.2 Å². The summed E-state index contributed by atoms with van der Waals surface area (Å²) < 4.78 is 8.01. The molecular formula is C27H33ClN6O2Si. The van der Waals surface area contributed by atoms with Gasteiger partial charge < -0.3 is 19.6 Å². The van der Waals surface area contributed by atoms with Crippen LogP contribution in [0.5, 0.6) is 0 Å². The number of aromatic nitrogens is 3. The highest BCUT2D eigenvalue weighted by Crippen LogP contribution is 2.44. The molecule has 0 fully saturated rings. The zero-order valence-electron chi connectivity index (χ0n) is 22.4. The van der Waals surface area contributed by atoms with Crippen LogP contribution in [-0.4, -0.2) is 36.0 Å². The molecular weight excluding hydrogens is 504 g/mol. The molecule has 0 bridgehead atoms. The maximum Gasteiger partial charge on any atom is 0.274 e. The Bertz CT molecular complexity index is 1460. The van der Waals surface area contributed by atoms with E-state index in [1.807, 2.05) is 6.07 Å². The predicted molar refractivity (Wildman–Crippen MR) is 151 cm³/mol. The standard InChI is InChI=1S/C27H33ClN6O2Si/c1-26(2,3)37(6,7)36-16-27(4)15-31-23-18(13-29)10-17(11-20(23)27)21-8-9-30-25(32-21)33-22-12-19(28)14-34(5)24(22)35/h8-12,14,31H,15-16H2,1-7H3,(H,30,32,33). The molecule has 2 N–H and O–H groups in total. The van der Waals surface area contributed by atoms with Crippen LogP contribution in [0.15, 0.2) is 41.5 Å². The van der Waals surface area contributed by atoms with E-state index in [1.54, 1.807) is 31.6 Å². The molecule has 1 unspecified atom stereocenters. The van der Waals surface area contributed by atoms with Crippen molar-refractivity contribution in [3.8, 4) is 17.3 Å². The summed E-state index contributed by atoms with van der Waals surface area (Å²) in [7, 11) is -0.326. The fraction of sp³-hybridized carbons (Fsp3) is 0.407. The Morgan fingerprint density at radius 3 is 2.73 bits per heavy atom. The quantitative estimate of drug-likeness (QED) is 0.382. The number of aryl methyl sites for hydroxylation is 1. The fourth-order valence-corrected chi connectivity index (χ4v) is 5.44. The molecule has 1 aliphatic rings. The second-order valence-corrected chi connectivity index (χ2v) is 16.6. The highest BCUT2D eigenvalue weighted by atomic mass is 35.5. The van der Waals surface area contributed by atoms with Crippen LogP contribution in [0.2, 0.25) is 23.2 Å². The summed E-state index contributed by atoms with van der Waals surface area (Å²) in [6, 6.07) is 9.57. The third kappa shape index (κ3) is 5.28. The largest absolute Gasteiger partial charge is 0.416 e. The molecule has 0 saturated heterocycles. The Kier molecular flexibility index (Phi) is 6.97. The molecule has 8 nitrogen and oxygen atoms in total. The first kappa shape index (κ1) is 26.9. The van der Waals surface area contributed by atoms with Crippen LogP contribution >= 0.6 is 11.6 Å². The third-order valence-electron chi connectivity index (χ3n) is 7.47. The van der Waals surface area contributed by atoms with Gasteiger partial charge in [-0.25, -0.2) is 9.97 Å². The second kappa shape index (κ2) is 9.60. The van der Waals surface area contributed by atoms with Crippen LogP contribution in [0.3, 0.4) is 0 Å². The zero-order chi connectivity index (χ0) is 27.2. The molecule has 10 heteroatoms. The lowest BCUT2D eigenvalue weighted by atomic mass is 9.83. The number of nitrogens with zero attached hydrogens (tertiary/aromatic N) is 4. The topological polar surface area (TPSA) is 105 Å². The van der Waals surface area contributed by atoms with Gasteiger partial charge in [-0.1, -0.05) is 39.3 Å². The molecule has 0 radical (unpaired) electrons. The van der Waals surface area contributed by atoms with Crippen molar-refractivity contribution in [3.63, 3.8) is 0 Å². The molecule has 1 aromatic carbocycles. The highest BCUT2D eigenvalue weighted by molar-refractivity contribution is 6.74. The first-order valence-corrected chi connectivity index (χ1v) is 15.5. The molecule has 3 aromatic rings. The van der Waals surface area contributed by atoms with Crippen molar-refractivity contribution in [2.24, 2.45) is 7.05 Å². The van der Waals surface area contributed by atoms with Crippen LogP contribution in [-0.2, 0) is 16.9 Å². The van der Waals surface area contributed by atoms with Crippen molar-refractivity contribution >= 4 is 37.2 Å². The second-order valence-electron chi connectivity index (χ2n) is 11.4. The van der Waals surface area contributed by atoms with E-state index < -0.39 is 8.32 Å². The van der Waals surface area contributed by atoms with E-state index in [-0.39, 0.29) is 27.6 Å². The van der Waals surface area contributed by atoms with Crippen LogP contribution in [0.4, 0.5) is 17.3 Å². The van der Waals surface area contributed by atoms with Crippen LogP contribution < -0.4 is 16.2 Å². The molecule has 3 heterocycles. The first-order chi connectivity index (χ1) is 17.2. The molecule has 4 rings (SSSR count). The van der Waals surface area contributed by atoms with E-state index in [9.17, 15) is 10.1 Å². The fourth-order valence-electron chi connectivity index (χ4n) is 4.07. The summed E-state index contributed by atoms with van der Waals surface area (Å²) in [5.41, 5.74) is 3.61. The molecule has 0 amide bonds. The summed E-state index contributed by atoms with van der Waals surface area (Å²) in [5.74, 6) is 0.262. The molecule has 2 aromatic heterocycles. The smallest absolute Gasteiger partial charge is 0.274 e. The number of fused-ring (bicyclic) bond motifs is 1. The van der Waals surface area contributed by atoms with E-state index in [4.69, 9.17) is 16.0 Å². The van der Waals surface area contributed by atoms with Gasteiger partial charge in [0.15, 0.2) is 8.32 Å². The molecule has 1 aliphatic heterocycles. The van der Waals surface area contributed by atoms with Crippen molar-refractivity contribution in [3.05, 3.63) is 63.2 Å². The van der Waals surface area contributed by atoms with Gasteiger partial charge in [0, 0.05) is 43.6 Å². The minimum atomic E-state index is -1.96. The molecule has 0 saturated carbocycles. The SMILES string of the molecule is Cn1cc(Cl)cc(Nc2nccc(-c3cc(C#N)c4c(c3)C(C)(CO[Si](C)(C)C(C)(C)C)CN4)n2)c1=O. The van der Waals surface area contributed by atoms with Crippen molar-refractivity contribution < 1.29 is 4.43 Å². The van der Waals surface area contributed by atoms with Gasteiger partial charge in [0.25, 0.3) is 5.56 Å². The van der Waals surface area contributed by atoms with Crippen LogP contribution in [0.25, 0.3) is 11.3 Å².